The van der Waals surface area contributed by atoms with E-state index in [2.05, 4.69) is 31.2 Å². The van der Waals surface area contributed by atoms with Crippen molar-refractivity contribution in [3.63, 3.8) is 0 Å². The number of ketones is 1. The van der Waals surface area contributed by atoms with Crippen molar-refractivity contribution in [3.05, 3.63) is 60.2 Å². The SMILES string of the molecule is CCCC(NC(=O)C1[C@H]2CCC[C@H]2CN1C(=O)[C@@H](NC(=O)[C@H](NC(=O)c1cnccn1)C(C)C)C(C)C)C(=O)C(=O)N[C@H](Cc1ccccc1)C(=O)O. The van der Waals surface area contributed by atoms with Crippen molar-refractivity contribution >= 4 is 41.3 Å². The number of benzene rings is 1. The molecule has 4 rings (SSSR count). The summed E-state index contributed by atoms with van der Waals surface area (Å²) in [6.45, 7) is 9.13. The van der Waals surface area contributed by atoms with Gasteiger partial charge in [0, 0.05) is 25.4 Å². The Morgan fingerprint density at radius 1 is 0.868 bits per heavy atom. The van der Waals surface area contributed by atoms with Gasteiger partial charge in [0.1, 0.15) is 29.9 Å². The van der Waals surface area contributed by atoms with Crippen molar-refractivity contribution in [1.29, 1.82) is 0 Å². The number of carboxylic acid groups (broad SMARTS) is 1. The zero-order valence-corrected chi connectivity index (χ0v) is 30.9. The third-order valence-electron chi connectivity index (χ3n) is 10.0. The summed E-state index contributed by atoms with van der Waals surface area (Å²) in [5.74, 6) is -6.53. The number of nitrogens with one attached hydrogen (secondary N) is 4. The maximum Gasteiger partial charge on any atom is 0.326 e. The Labute approximate surface area is 309 Å². The minimum atomic E-state index is -1.37. The van der Waals surface area contributed by atoms with E-state index in [0.29, 0.717) is 18.4 Å². The van der Waals surface area contributed by atoms with E-state index in [1.165, 1.54) is 23.5 Å². The Bertz CT molecular complexity index is 1640. The van der Waals surface area contributed by atoms with Crippen LogP contribution >= 0.6 is 0 Å². The van der Waals surface area contributed by atoms with E-state index >= 15 is 0 Å². The highest BCUT2D eigenvalue weighted by atomic mass is 16.4. The van der Waals surface area contributed by atoms with Crippen LogP contribution in [0.25, 0.3) is 0 Å². The predicted molar refractivity (Wildman–Crippen MR) is 193 cm³/mol. The summed E-state index contributed by atoms with van der Waals surface area (Å²) in [6.07, 6.45) is 6.93. The Balaban J connectivity index is 1.50. The number of hydrogen-bond acceptors (Lipinski definition) is 9. The van der Waals surface area contributed by atoms with Crippen LogP contribution in [0.1, 0.15) is 82.8 Å². The fourth-order valence-corrected chi connectivity index (χ4v) is 7.22. The number of carboxylic acids is 1. The normalized spacial score (nSPS) is 20.1. The number of nitrogens with zero attached hydrogens (tertiary/aromatic N) is 3. The lowest BCUT2D eigenvalue weighted by molar-refractivity contribution is -0.146. The minimum Gasteiger partial charge on any atom is -0.480 e. The second kappa shape index (κ2) is 18.5. The molecule has 2 aromatic rings. The Kier molecular flexibility index (Phi) is 14.2. The summed E-state index contributed by atoms with van der Waals surface area (Å²) in [4.78, 5) is 103. The summed E-state index contributed by atoms with van der Waals surface area (Å²) in [5.41, 5.74) is 0.691. The molecule has 15 nitrogen and oxygen atoms in total. The van der Waals surface area contributed by atoms with Crippen molar-refractivity contribution in [2.75, 3.05) is 6.54 Å². The average molecular weight is 734 g/mol. The van der Waals surface area contributed by atoms with Gasteiger partial charge < -0.3 is 31.3 Å². The van der Waals surface area contributed by atoms with Crippen molar-refractivity contribution in [3.8, 4) is 0 Å². The number of likely N-dealkylation sites (tertiary alicyclic amines) is 1. The molecule has 1 saturated carbocycles. The van der Waals surface area contributed by atoms with Gasteiger partial charge in [-0.15, -0.1) is 0 Å². The molecule has 0 spiro atoms. The van der Waals surface area contributed by atoms with Gasteiger partial charge in [-0.2, -0.15) is 0 Å². The van der Waals surface area contributed by atoms with Crippen molar-refractivity contribution < 1.29 is 38.7 Å². The highest BCUT2D eigenvalue weighted by Gasteiger charge is 2.51. The molecule has 2 heterocycles. The summed E-state index contributed by atoms with van der Waals surface area (Å²) in [5, 5.41) is 20.3. The van der Waals surface area contributed by atoms with Gasteiger partial charge in [0.2, 0.25) is 23.5 Å². The molecule has 2 fully saturated rings. The van der Waals surface area contributed by atoms with E-state index in [0.717, 1.165) is 12.8 Å². The van der Waals surface area contributed by atoms with Crippen molar-refractivity contribution in [2.45, 2.75) is 103 Å². The molecule has 0 bridgehead atoms. The lowest BCUT2D eigenvalue weighted by Gasteiger charge is -2.34. The minimum absolute atomic E-state index is 0.0332. The van der Waals surface area contributed by atoms with E-state index in [1.54, 1.807) is 65.0 Å². The molecule has 1 aromatic carbocycles. The molecule has 1 aliphatic carbocycles. The zero-order valence-electron chi connectivity index (χ0n) is 30.9. The van der Waals surface area contributed by atoms with Gasteiger partial charge in [-0.1, -0.05) is 77.8 Å². The van der Waals surface area contributed by atoms with Crippen LogP contribution in [0.3, 0.4) is 0 Å². The maximum absolute atomic E-state index is 14.3. The third kappa shape index (κ3) is 10.2. The molecule has 53 heavy (non-hydrogen) atoms. The van der Waals surface area contributed by atoms with Crippen molar-refractivity contribution in [1.82, 2.24) is 36.1 Å². The number of carbonyl (C=O) groups is 7. The molecular weight excluding hydrogens is 682 g/mol. The number of rotatable bonds is 17. The van der Waals surface area contributed by atoms with Crippen LogP contribution in [-0.4, -0.2) is 98.0 Å². The molecule has 2 aliphatic rings. The standard InChI is InChI=1S/C38H51N7O8/c1-6-11-26(32(46)36(50)42-27(38(52)53)18-23-12-8-7-9-13-23)41-35(49)31-25-15-10-14-24(25)20-45(31)37(51)30(22(4)5)44-34(48)29(21(2)3)43-33(47)28-19-39-16-17-40-28/h7-9,12-13,16-17,19,21-22,24-27,29-31H,6,10-11,14-15,18,20H2,1-5H3,(H,41,49)(H,42,50)(H,43,47)(H,44,48)(H,52,53)/t24-,25-,26?,27+,29+,30-,31?/m0/s1. The van der Waals surface area contributed by atoms with Gasteiger partial charge in [-0.25, -0.2) is 9.78 Å². The van der Waals surface area contributed by atoms with E-state index in [1.807, 2.05) is 0 Å². The summed E-state index contributed by atoms with van der Waals surface area (Å²) < 4.78 is 0. The van der Waals surface area contributed by atoms with E-state index in [-0.39, 0.29) is 42.8 Å². The van der Waals surface area contributed by atoms with Gasteiger partial charge in [0.25, 0.3) is 11.8 Å². The van der Waals surface area contributed by atoms with Gasteiger partial charge >= 0.3 is 5.97 Å². The third-order valence-corrected chi connectivity index (χ3v) is 10.0. The lowest BCUT2D eigenvalue weighted by atomic mass is 9.92. The van der Waals surface area contributed by atoms with Crippen LogP contribution in [0, 0.1) is 23.7 Å². The number of aliphatic carboxylic acids is 1. The smallest absolute Gasteiger partial charge is 0.326 e. The van der Waals surface area contributed by atoms with Crippen LogP contribution in [-0.2, 0) is 35.2 Å². The van der Waals surface area contributed by atoms with Crippen LogP contribution in [0.15, 0.2) is 48.9 Å². The van der Waals surface area contributed by atoms with Crippen LogP contribution < -0.4 is 21.3 Å². The Morgan fingerprint density at radius 3 is 2.17 bits per heavy atom. The van der Waals surface area contributed by atoms with E-state index in [9.17, 15) is 38.7 Å². The first kappa shape index (κ1) is 40.6. The van der Waals surface area contributed by atoms with Crippen LogP contribution in [0.5, 0.6) is 0 Å². The van der Waals surface area contributed by atoms with Gasteiger partial charge in [-0.3, -0.25) is 33.8 Å². The van der Waals surface area contributed by atoms with Gasteiger partial charge in [0.15, 0.2) is 0 Å². The number of Topliss-reactive ketones (excluding diaryl/α,β-unsaturated/α-hetero) is 1. The topological polar surface area (TPSA) is 217 Å². The maximum atomic E-state index is 14.3. The molecule has 5 amide bonds. The quantitative estimate of drug-likeness (QED) is 0.148. The summed E-state index contributed by atoms with van der Waals surface area (Å²) in [6, 6.07) is 3.07. The molecule has 1 aliphatic heterocycles. The molecule has 7 atom stereocenters. The monoisotopic (exact) mass is 733 g/mol. The molecule has 286 valence electrons. The summed E-state index contributed by atoms with van der Waals surface area (Å²) in [7, 11) is 0. The Morgan fingerprint density at radius 2 is 1.57 bits per heavy atom. The highest BCUT2D eigenvalue weighted by molar-refractivity contribution is 6.38. The van der Waals surface area contributed by atoms with E-state index < -0.39 is 77.4 Å². The number of carbonyl (C=O) groups excluding carboxylic acids is 6. The first-order valence-corrected chi connectivity index (χ1v) is 18.3. The fraction of sp³-hybridized carbons (Fsp3) is 0.553. The zero-order chi connectivity index (χ0) is 38.8. The first-order valence-electron chi connectivity index (χ1n) is 18.3. The van der Waals surface area contributed by atoms with Crippen LogP contribution in [0.4, 0.5) is 0 Å². The lowest BCUT2D eigenvalue weighted by Crippen LogP contribution is -2.60. The molecule has 5 N–H and O–H groups in total. The van der Waals surface area contributed by atoms with Crippen molar-refractivity contribution in [2.24, 2.45) is 23.7 Å². The van der Waals surface area contributed by atoms with Gasteiger partial charge in [-0.05, 0) is 48.5 Å². The average Bonchev–Trinajstić information content (AvgIpc) is 3.74. The molecule has 1 aromatic heterocycles. The number of aromatic nitrogens is 2. The highest BCUT2D eigenvalue weighted by Crippen LogP contribution is 2.42. The molecule has 0 radical (unpaired) electrons. The van der Waals surface area contributed by atoms with Gasteiger partial charge in [0.05, 0.1) is 12.2 Å². The Hall–Kier alpha value is -5.21. The van der Waals surface area contributed by atoms with Crippen LogP contribution in [0.2, 0.25) is 0 Å². The largest absolute Gasteiger partial charge is 0.480 e. The second-order valence-corrected chi connectivity index (χ2v) is 14.6. The molecule has 2 unspecified atom stereocenters. The number of fused-ring (bicyclic) bond motifs is 1. The molecule has 1 saturated heterocycles. The van der Waals surface area contributed by atoms with E-state index in [4.69, 9.17) is 0 Å². The number of amides is 5. The molecular formula is C38H51N7O8. The second-order valence-electron chi connectivity index (χ2n) is 14.6. The first-order chi connectivity index (χ1) is 25.2. The molecule has 15 heteroatoms. The predicted octanol–water partition coefficient (Wildman–Crippen LogP) is 1.67. The number of hydrogen-bond donors (Lipinski definition) is 5. The fourth-order valence-electron chi connectivity index (χ4n) is 7.22. The summed E-state index contributed by atoms with van der Waals surface area (Å²) >= 11 is 0.